The van der Waals surface area contributed by atoms with E-state index in [9.17, 15) is 0 Å². The molecule has 0 aliphatic rings. The highest BCUT2D eigenvalue weighted by Gasteiger charge is 2.07. The van der Waals surface area contributed by atoms with Crippen molar-refractivity contribution in [1.82, 2.24) is 14.6 Å². The van der Waals surface area contributed by atoms with Crippen molar-refractivity contribution in [3.8, 4) is 6.07 Å². The van der Waals surface area contributed by atoms with Gasteiger partial charge in [-0.3, -0.25) is 4.40 Å². The Kier molecular flexibility index (Phi) is 2.38. The molecular weight excluding hydrogens is 188 g/mol. The van der Waals surface area contributed by atoms with Crippen LogP contribution in [0.3, 0.4) is 0 Å². The molecule has 0 saturated heterocycles. The van der Waals surface area contributed by atoms with Crippen LogP contribution in [0.4, 0.5) is 0 Å². The molecule has 0 amide bonds. The Balaban J connectivity index is 2.52. The highest BCUT2D eigenvalue weighted by molar-refractivity contribution is 5.42. The van der Waals surface area contributed by atoms with Gasteiger partial charge in [0.25, 0.3) is 0 Å². The van der Waals surface area contributed by atoms with Crippen LogP contribution in [0.2, 0.25) is 0 Å². The van der Waals surface area contributed by atoms with Crippen molar-refractivity contribution in [2.75, 3.05) is 0 Å². The standard InChI is InChI=1S/C11H12N4/c1-8(2)5-11-14-13-10-4-3-9(6-12)7-15(10)11/h3-4,7-8H,5H2,1-2H3. The van der Waals surface area contributed by atoms with Gasteiger partial charge in [0, 0.05) is 12.6 Å². The maximum absolute atomic E-state index is 8.80. The van der Waals surface area contributed by atoms with Gasteiger partial charge in [-0.25, -0.2) is 0 Å². The molecule has 0 aromatic carbocycles. The summed E-state index contributed by atoms with van der Waals surface area (Å²) >= 11 is 0. The third kappa shape index (κ3) is 1.82. The zero-order valence-corrected chi connectivity index (χ0v) is 8.81. The lowest BCUT2D eigenvalue weighted by Crippen LogP contribution is -2.00. The van der Waals surface area contributed by atoms with Crippen LogP contribution in [0.25, 0.3) is 5.65 Å². The van der Waals surface area contributed by atoms with Gasteiger partial charge < -0.3 is 0 Å². The average Bonchev–Trinajstić information content (AvgIpc) is 2.60. The van der Waals surface area contributed by atoms with Gasteiger partial charge in [0.15, 0.2) is 5.65 Å². The van der Waals surface area contributed by atoms with Gasteiger partial charge in [0.1, 0.15) is 11.9 Å². The van der Waals surface area contributed by atoms with Crippen LogP contribution >= 0.6 is 0 Å². The minimum absolute atomic E-state index is 0.531. The summed E-state index contributed by atoms with van der Waals surface area (Å²) in [5.74, 6) is 1.44. The summed E-state index contributed by atoms with van der Waals surface area (Å²) < 4.78 is 1.89. The first-order valence-corrected chi connectivity index (χ1v) is 4.94. The molecule has 0 saturated carbocycles. The second-order valence-corrected chi connectivity index (χ2v) is 3.97. The molecule has 2 aromatic rings. The minimum Gasteiger partial charge on any atom is -0.285 e. The summed E-state index contributed by atoms with van der Waals surface area (Å²) in [5.41, 5.74) is 1.43. The van der Waals surface area contributed by atoms with Gasteiger partial charge in [-0.2, -0.15) is 5.26 Å². The lowest BCUT2D eigenvalue weighted by molar-refractivity contribution is 0.616. The Hall–Kier alpha value is -1.89. The van der Waals surface area contributed by atoms with Crippen molar-refractivity contribution in [3.63, 3.8) is 0 Å². The van der Waals surface area contributed by atoms with Gasteiger partial charge >= 0.3 is 0 Å². The molecule has 4 nitrogen and oxygen atoms in total. The smallest absolute Gasteiger partial charge is 0.160 e. The van der Waals surface area contributed by atoms with Gasteiger partial charge in [0.05, 0.1) is 5.56 Å². The third-order valence-corrected chi connectivity index (χ3v) is 2.19. The SMILES string of the molecule is CC(C)Cc1nnc2ccc(C#N)cn12. The highest BCUT2D eigenvalue weighted by Crippen LogP contribution is 2.10. The fraction of sp³-hybridized carbons (Fsp3) is 0.364. The van der Waals surface area contributed by atoms with E-state index in [0.717, 1.165) is 17.9 Å². The summed E-state index contributed by atoms with van der Waals surface area (Å²) in [7, 11) is 0. The van der Waals surface area contributed by atoms with E-state index in [4.69, 9.17) is 5.26 Å². The van der Waals surface area contributed by atoms with Crippen molar-refractivity contribution >= 4 is 5.65 Å². The van der Waals surface area contributed by atoms with Crippen LogP contribution < -0.4 is 0 Å². The number of nitrogens with zero attached hydrogens (tertiary/aromatic N) is 4. The summed E-state index contributed by atoms with van der Waals surface area (Å²) in [4.78, 5) is 0. The van der Waals surface area contributed by atoms with E-state index < -0.39 is 0 Å². The molecule has 0 fully saturated rings. The first-order chi connectivity index (χ1) is 7.20. The van der Waals surface area contributed by atoms with E-state index in [1.54, 1.807) is 12.3 Å². The number of hydrogen-bond acceptors (Lipinski definition) is 3. The number of pyridine rings is 1. The fourth-order valence-electron chi connectivity index (χ4n) is 1.51. The number of hydrogen-bond donors (Lipinski definition) is 0. The summed E-state index contributed by atoms with van der Waals surface area (Å²) in [6.07, 6.45) is 2.66. The van der Waals surface area contributed by atoms with Crippen LogP contribution in [-0.4, -0.2) is 14.6 Å². The molecule has 2 aromatic heterocycles. The Labute approximate surface area is 88.2 Å². The van der Waals surface area contributed by atoms with Crippen LogP contribution in [0.1, 0.15) is 25.2 Å². The van der Waals surface area contributed by atoms with Crippen molar-refractivity contribution in [2.45, 2.75) is 20.3 Å². The molecular formula is C11H12N4. The van der Waals surface area contributed by atoms with Crippen molar-refractivity contribution in [1.29, 1.82) is 5.26 Å². The molecule has 15 heavy (non-hydrogen) atoms. The molecule has 2 heterocycles. The first kappa shape index (κ1) is 9.66. The third-order valence-electron chi connectivity index (χ3n) is 2.19. The summed E-state index contributed by atoms with van der Waals surface area (Å²) in [6, 6.07) is 5.68. The lowest BCUT2D eigenvalue weighted by Gasteiger charge is -2.02. The van der Waals surface area contributed by atoms with Crippen LogP contribution in [0, 0.1) is 17.2 Å². The maximum Gasteiger partial charge on any atom is 0.160 e. The quantitative estimate of drug-likeness (QED) is 0.742. The van der Waals surface area contributed by atoms with Crippen LogP contribution in [0.15, 0.2) is 18.3 Å². The summed E-state index contributed by atoms with van der Waals surface area (Å²) in [5, 5.41) is 17.0. The number of rotatable bonds is 2. The predicted octanol–water partition coefficient (Wildman–Crippen LogP) is 1.80. The van der Waals surface area contributed by atoms with Crippen LogP contribution in [-0.2, 0) is 6.42 Å². The summed E-state index contributed by atoms with van der Waals surface area (Å²) in [6.45, 7) is 4.27. The molecule has 0 bridgehead atoms. The normalized spacial score (nSPS) is 10.8. The Morgan fingerprint density at radius 3 is 2.87 bits per heavy atom. The van der Waals surface area contributed by atoms with Gasteiger partial charge in [-0.05, 0) is 18.1 Å². The van der Waals surface area contributed by atoms with Gasteiger partial charge in [-0.15, -0.1) is 10.2 Å². The minimum atomic E-state index is 0.531. The van der Waals surface area contributed by atoms with Crippen molar-refractivity contribution < 1.29 is 0 Å². The number of aromatic nitrogens is 3. The van der Waals surface area contributed by atoms with E-state index in [2.05, 4.69) is 30.1 Å². The molecule has 2 rings (SSSR count). The molecule has 0 aliphatic carbocycles. The Morgan fingerprint density at radius 2 is 2.20 bits per heavy atom. The van der Waals surface area contributed by atoms with E-state index in [-0.39, 0.29) is 0 Å². The maximum atomic E-state index is 8.80. The van der Waals surface area contributed by atoms with Gasteiger partial charge in [0.2, 0.25) is 0 Å². The second-order valence-electron chi connectivity index (χ2n) is 3.97. The number of nitriles is 1. The molecule has 0 atom stereocenters. The average molecular weight is 200 g/mol. The monoisotopic (exact) mass is 200 g/mol. The fourth-order valence-corrected chi connectivity index (χ4v) is 1.51. The molecule has 76 valence electrons. The van der Waals surface area contributed by atoms with Crippen LogP contribution in [0.5, 0.6) is 0 Å². The van der Waals surface area contributed by atoms with E-state index in [0.29, 0.717) is 11.5 Å². The van der Waals surface area contributed by atoms with Crippen molar-refractivity contribution in [2.24, 2.45) is 5.92 Å². The van der Waals surface area contributed by atoms with E-state index in [1.165, 1.54) is 0 Å². The zero-order valence-electron chi connectivity index (χ0n) is 8.81. The molecule has 0 N–H and O–H groups in total. The Morgan fingerprint density at radius 1 is 1.40 bits per heavy atom. The predicted molar refractivity (Wildman–Crippen MR) is 56.2 cm³/mol. The van der Waals surface area contributed by atoms with Gasteiger partial charge in [-0.1, -0.05) is 13.8 Å². The molecule has 0 unspecified atom stereocenters. The van der Waals surface area contributed by atoms with E-state index >= 15 is 0 Å². The largest absolute Gasteiger partial charge is 0.285 e. The number of fused-ring (bicyclic) bond motifs is 1. The Bertz CT molecular complexity index is 519. The molecule has 4 heteroatoms. The molecule has 0 aliphatic heterocycles. The highest BCUT2D eigenvalue weighted by atomic mass is 15.2. The second kappa shape index (κ2) is 3.70. The molecule has 0 spiro atoms. The lowest BCUT2D eigenvalue weighted by atomic mass is 10.1. The van der Waals surface area contributed by atoms with E-state index in [1.807, 2.05) is 10.5 Å². The zero-order chi connectivity index (χ0) is 10.8. The topological polar surface area (TPSA) is 54.0 Å². The van der Waals surface area contributed by atoms with Crippen molar-refractivity contribution in [3.05, 3.63) is 29.7 Å². The first-order valence-electron chi connectivity index (χ1n) is 4.94. The molecule has 0 radical (unpaired) electrons.